The highest BCUT2D eigenvalue weighted by atomic mass is 16.6. The van der Waals surface area contributed by atoms with E-state index in [0.29, 0.717) is 36.9 Å². The number of hydrogen-bond acceptors (Lipinski definition) is 6. The van der Waals surface area contributed by atoms with Gasteiger partial charge in [0, 0.05) is 36.2 Å². The summed E-state index contributed by atoms with van der Waals surface area (Å²) in [6.45, 7) is 2.53. The highest BCUT2D eigenvalue weighted by Gasteiger charge is 2.44. The molecule has 0 spiro atoms. The van der Waals surface area contributed by atoms with Crippen LogP contribution in [0.4, 0.5) is 4.79 Å². The summed E-state index contributed by atoms with van der Waals surface area (Å²) < 4.78 is 10.1. The molecule has 1 unspecified atom stereocenters. The average Bonchev–Trinajstić information content (AvgIpc) is 3.37. The Kier molecular flexibility index (Phi) is 5.43. The van der Waals surface area contributed by atoms with Crippen LogP contribution in [0.3, 0.4) is 0 Å². The number of esters is 1. The summed E-state index contributed by atoms with van der Waals surface area (Å²) in [7, 11) is 0. The molecule has 4 rings (SSSR count). The normalized spacial score (nSPS) is 19.8. The number of carbonyl (C=O) groups is 4. The first-order valence-electron chi connectivity index (χ1n) is 10.0. The molecule has 0 radical (unpaired) electrons. The second kappa shape index (κ2) is 8.17. The van der Waals surface area contributed by atoms with Gasteiger partial charge in [0.1, 0.15) is 6.61 Å². The van der Waals surface area contributed by atoms with Crippen LogP contribution in [0.2, 0.25) is 0 Å². The number of ketones is 1. The van der Waals surface area contributed by atoms with Crippen LogP contribution in [-0.4, -0.2) is 76.9 Å². The summed E-state index contributed by atoms with van der Waals surface area (Å²) in [5, 5.41) is 0.711. The molecule has 2 aromatic rings. The largest absolute Gasteiger partial charge is 0.464 e. The van der Waals surface area contributed by atoms with E-state index in [4.69, 9.17) is 9.47 Å². The highest BCUT2D eigenvalue weighted by Crippen LogP contribution is 2.26. The lowest BCUT2D eigenvalue weighted by atomic mass is 10.0. The van der Waals surface area contributed by atoms with Crippen LogP contribution in [0.25, 0.3) is 10.9 Å². The number of nitrogens with zero attached hydrogens (tertiary/aromatic N) is 2. The molecule has 158 valence electrons. The van der Waals surface area contributed by atoms with Gasteiger partial charge < -0.3 is 19.4 Å². The molecule has 2 aliphatic heterocycles. The predicted molar refractivity (Wildman–Crippen MR) is 106 cm³/mol. The van der Waals surface area contributed by atoms with Crippen molar-refractivity contribution in [3.8, 4) is 0 Å². The first-order valence-corrected chi connectivity index (χ1v) is 10.0. The van der Waals surface area contributed by atoms with E-state index in [1.54, 1.807) is 19.2 Å². The lowest BCUT2D eigenvalue weighted by Crippen LogP contribution is -2.52. The standard InChI is InChI=1S/C21H23N3O6/c1-2-29-20(27)17-12-30-21(28)24(17)13-7-9-23(10-8-13)19(26)18(25)15-11-22-16-6-4-3-5-14(15)16/h3-6,11,13,17,22H,2,7-10,12H2,1H3. The number of nitrogens with one attached hydrogen (secondary N) is 1. The topological polar surface area (TPSA) is 109 Å². The number of benzene rings is 1. The molecule has 1 aromatic heterocycles. The van der Waals surface area contributed by atoms with Crippen LogP contribution in [-0.2, 0) is 19.1 Å². The van der Waals surface area contributed by atoms with Crippen molar-refractivity contribution in [3.05, 3.63) is 36.0 Å². The number of piperidine rings is 1. The fourth-order valence-electron chi connectivity index (χ4n) is 4.12. The highest BCUT2D eigenvalue weighted by molar-refractivity contribution is 6.44. The van der Waals surface area contributed by atoms with E-state index in [1.165, 1.54) is 9.80 Å². The predicted octanol–water partition coefficient (Wildman–Crippen LogP) is 1.73. The Morgan fingerprint density at radius 2 is 1.93 bits per heavy atom. The molecule has 2 fully saturated rings. The van der Waals surface area contributed by atoms with E-state index >= 15 is 0 Å². The molecule has 1 aromatic carbocycles. The molecule has 2 aliphatic rings. The van der Waals surface area contributed by atoms with Crippen molar-refractivity contribution >= 4 is 34.7 Å². The Bertz CT molecular complexity index is 992. The van der Waals surface area contributed by atoms with Gasteiger partial charge in [-0.25, -0.2) is 9.59 Å². The minimum Gasteiger partial charge on any atom is -0.464 e. The number of carbonyl (C=O) groups excluding carboxylic acids is 4. The SMILES string of the molecule is CCOC(=O)C1COC(=O)N1C1CCN(C(=O)C(=O)c2c[nH]c3ccccc23)CC1. The van der Waals surface area contributed by atoms with E-state index in [2.05, 4.69) is 4.98 Å². The number of cyclic esters (lactones) is 1. The van der Waals surface area contributed by atoms with Gasteiger partial charge in [-0.1, -0.05) is 18.2 Å². The number of aromatic nitrogens is 1. The lowest BCUT2D eigenvalue weighted by molar-refractivity contribution is -0.148. The van der Waals surface area contributed by atoms with Crippen molar-refractivity contribution in [1.29, 1.82) is 0 Å². The van der Waals surface area contributed by atoms with Gasteiger partial charge in [0.15, 0.2) is 6.04 Å². The van der Waals surface area contributed by atoms with E-state index in [-0.39, 0.29) is 19.3 Å². The van der Waals surface area contributed by atoms with Gasteiger partial charge in [0.2, 0.25) is 0 Å². The molecular formula is C21H23N3O6. The molecule has 1 atom stereocenters. The van der Waals surface area contributed by atoms with E-state index < -0.39 is 29.8 Å². The van der Waals surface area contributed by atoms with Crippen molar-refractivity contribution in [2.45, 2.75) is 31.8 Å². The van der Waals surface area contributed by atoms with Crippen molar-refractivity contribution in [3.63, 3.8) is 0 Å². The molecule has 9 nitrogen and oxygen atoms in total. The maximum atomic E-state index is 12.8. The summed E-state index contributed by atoms with van der Waals surface area (Å²) in [5.74, 6) is -1.61. The third kappa shape index (κ3) is 3.51. The van der Waals surface area contributed by atoms with Gasteiger partial charge in [0.05, 0.1) is 12.2 Å². The zero-order chi connectivity index (χ0) is 21.3. The minimum absolute atomic E-state index is 0.0319. The minimum atomic E-state index is -0.766. The first-order chi connectivity index (χ1) is 14.5. The summed E-state index contributed by atoms with van der Waals surface area (Å²) >= 11 is 0. The van der Waals surface area contributed by atoms with Crippen LogP contribution in [0, 0.1) is 0 Å². The molecule has 0 aliphatic carbocycles. The Morgan fingerprint density at radius 3 is 2.67 bits per heavy atom. The molecule has 2 saturated heterocycles. The number of Topliss-reactive ketones (excluding diaryl/α,β-unsaturated/α-hetero) is 1. The summed E-state index contributed by atoms with van der Waals surface area (Å²) in [4.78, 5) is 55.8. The summed E-state index contributed by atoms with van der Waals surface area (Å²) in [6.07, 6.45) is 1.92. The first kappa shape index (κ1) is 19.9. The van der Waals surface area contributed by atoms with Crippen molar-refractivity contribution < 1.29 is 28.7 Å². The molecule has 0 bridgehead atoms. The van der Waals surface area contributed by atoms with Crippen molar-refractivity contribution in [2.24, 2.45) is 0 Å². The Labute approximate surface area is 172 Å². The van der Waals surface area contributed by atoms with Gasteiger partial charge >= 0.3 is 12.1 Å². The quantitative estimate of drug-likeness (QED) is 0.454. The van der Waals surface area contributed by atoms with Gasteiger partial charge in [-0.3, -0.25) is 14.5 Å². The molecule has 2 amide bonds. The van der Waals surface area contributed by atoms with Crippen LogP contribution in [0.15, 0.2) is 30.5 Å². The fraction of sp³-hybridized carbons (Fsp3) is 0.429. The second-order valence-electron chi connectivity index (χ2n) is 7.35. The molecule has 0 saturated carbocycles. The average molecular weight is 413 g/mol. The second-order valence-corrected chi connectivity index (χ2v) is 7.35. The molecule has 30 heavy (non-hydrogen) atoms. The number of ether oxygens (including phenoxy) is 2. The number of rotatable bonds is 5. The summed E-state index contributed by atoms with van der Waals surface area (Å²) in [5.41, 5.74) is 1.15. The number of hydrogen-bond donors (Lipinski definition) is 1. The fourth-order valence-corrected chi connectivity index (χ4v) is 4.12. The van der Waals surface area contributed by atoms with Crippen molar-refractivity contribution in [2.75, 3.05) is 26.3 Å². The van der Waals surface area contributed by atoms with E-state index in [9.17, 15) is 19.2 Å². The maximum absolute atomic E-state index is 12.8. The number of likely N-dealkylation sites (tertiary alicyclic amines) is 1. The Balaban J connectivity index is 1.41. The van der Waals surface area contributed by atoms with Gasteiger partial charge in [-0.2, -0.15) is 0 Å². The van der Waals surface area contributed by atoms with E-state index in [0.717, 1.165) is 5.52 Å². The zero-order valence-corrected chi connectivity index (χ0v) is 16.6. The number of amides is 2. The smallest absolute Gasteiger partial charge is 0.410 e. The third-order valence-electron chi connectivity index (χ3n) is 5.64. The van der Waals surface area contributed by atoms with Crippen LogP contribution < -0.4 is 0 Å². The maximum Gasteiger partial charge on any atom is 0.410 e. The van der Waals surface area contributed by atoms with Crippen LogP contribution >= 0.6 is 0 Å². The van der Waals surface area contributed by atoms with Gasteiger partial charge in [0.25, 0.3) is 11.7 Å². The van der Waals surface area contributed by atoms with Gasteiger partial charge in [-0.05, 0) is 25.8 Å². The van der Waals surface area contributed by atoms with Crippen molar-refractivity contribution in [1.82, 2.24) is 14.8 Å². The number of para-hydroxylation sites is 1. The number of aromatic amines is 1. The van der Waals surface area contributed by atoms with Gasteiger partial charge in [-0.15, -0.1) is 0 Å². The molecule has 9 heteroatoms. The van der Waals surface area contributed by atoms with E-state index in [1.807, 2.05) is 18.2 Å². The summed E-state index contributed by atoms with van der Waals surface area (Å²) in [6, 6.07) is 6.30. The lowest BCUT2D eigenvalue weighted by Gasteiger charge is -2.36. The monoisotopic (exact) mass is 413 g/mol. The Hall–Kier alpha value is -3.36. The van der Waals surface area contributed by atoms with Crippen LogP contribution in [0.5, 0.6) is 0 Å². The Morgan fingerprint density at radius 1 is 1.20 bits per heavy atom. The third-order valence-corrected chi connectivity index (χ3v) is 5.64. The van der Waals surface area contributed by atoms with Crippen LogP contribution in [0.1, 0.15) is 30.1 Å². The molecular weight excluding hydrogens is 390 g/mol. The number of fused-ring (bicyclic) bond motifs is 1. The number of H-pyrrole nitrogens is 1. The zero-order valence-electron chi connectivity index (χ0n) is 16.6. The molecule has 1 N–H and O–H groups in total. The molecule has 3 heterocycles.